The maximum atomic E-state index is 13.4. The summed E-state index contributed by atoms with van der Waals surface area (Å²) in [6.45, 7) is 13.8. The lowest BCUT2D eigenvalue weighted by Crippen LogP contribution is -2.44. The summed E-state index contributed by atoms with van der Waals surface area (Å²) in [5.41, 5.74) is 5.20. The zero-order valence-electron chi connectivity index (χ0n) is 30.2. The van der Waals surface area contributed by atoms with Gasteiger partial charge in [0, 0.05) is 50.1 Å². The third kappa shape index (κ3) is 6.83. The molecule has 4 heterocycles. The number of amides is 2. The van der Waals surface area contributed by atoms with Crippen molar-refractivity contribution in [1.29, 1.82) is 0 Å². The van der Waals surface area contributed by atoms with Gasteiger partial charge in [-0.1, -0.05) is 113 Å². The highest BCUT2D eigenvalue weighted by atomic mass is 35.5. The molecule has 4 aromatic rings. The first kappa shape index (κ1) is 36.1. The van der Waals surface area contributed by atoms with E-state index in [1.54, 1.807) is 0 Å². The van der Waals surface area contributed by atoms with E-state index in [1.165, 1.54) is 0 Å². The number of nitrogens with zero attached hydrogens (tertiary/aromatic N) is 6. The van der Waals surface area contributed by atoms with Crippen molar-refractivity contribution < 1.29 is 9.59 Å². The SMILES string of the molecule is CC(C)C(C)C(=O)N1C(c2nc(-c3ccc(-c4ccc(-c5nc(C6CCN(C)N6C(=O)C(C)C(C)C)[nH]c5Cl)cc4)cc3)c(Cl)[nH]2)CCN1C. The Bertz CT molecular complexity index is 1700. The normalized spacial score (nSPS) is 20.0. The van der Waals surface area contributed by atoms with E-state index in [9.17, 15) is 9.59 Å². The van der Waals surface area contributed by atoms with E-state index in [-0.39, 0.29) is 47.6 Å². The lowest BCUT2D eigenvalue weighted by Gasteiger charge is -2.32. The Morgan fingerprint density at radius 2 is 0.940 bits per heavy atom. The molecule has 4 unspecified atom stereocenters. The van der Waals surface area contributed by atoms with E-state index >= 15 is 0 Å². The van der Waals surface area contributed by atoms with Gasteiger partial charge in [-0.15, -0.1) is 0 Å². The van der Waals surface area contributed by atoms with Crippen molar-refractivity contribution in [3.63, 3.8) is 0 Å². The van der Waals surface area contributed by atoms with Crippen LogP contribution in [0.3, 0.4) is 0 Å². The van der Waals surface area contributed by atoms with Crippen LogP contribution in [0.4, 0.5) is 0 Å². The number of carbonyl (C=O) groups excluding carboxylic acids is 2. The molecule has 266 valence electrons. The fourth-order valence-electron chi connectivity index (χ4n) is 6.77. The van der Waals surface area contributed by atoms with Crippen LogP contribution in [0.25, 0.3) is 33.6 Å². The maximum Gasteiger partial charge on any atom is 0.240 e. The number of hydrazine groups is 2. The zero-order valence-corrected chi connectivity index (χ0v) is 31.7. The highest BCUT2D eigenvalue weighted by molar-refractivity contribution is 6.32. The zero-order chi connectivity index (χ0) is 36.0. The number of benzene rings is 2. The van der Waals surface area contributed by atoms with Crippen molar-refractivity contribution in [2.24, 2.45) is 23.7 Å². The lowest BCUT2D eigenvalue weighted by molar-refractivity contribution is -0.152. The Morgan fingerprint density at radius 3 is 1.26 bits per heavy atom. The largest absolute Gasteiger partial charge is 0.331 e. The minimum absolute atomic E-state index is 0.0981. The summed E-state index contributed by atoms with van der Waals surface area (Å²) in [5, 5.41) is 8.56. The second kappa shape index (κ2) is 14.5. The number of aromatic nitrogens is 4. The van der Waals surface area contributed by atoms with Crippen molar-refractivity contribution in [2.45, 2.75) is 66.5 Å². The highest BCUT2D eigenvalue weighted by Gasteiger charge is 2.40. The number of rotatable bonds is 9. The average molecular weight is 720 g/mol. The fraction of sp³-hybridized carbons (Fsp3) is 0.474. The molecular weight excluding hydrogens is 671 g/mol. The van der Waals surface area contributed by atoms with E-state index in [4.69, 9.17) is 33.2 Å². The minimum Gasteiger partial charge on any atom is -0.331 e. The standard InChI is InChI=1S/C38H48Cl2N8O2/c1-21(2)23(5)37(49)47-29(17-19-45(47)7)35-41-31(33(39)43-35)27-13-9-25(10-14-27)26-11-15-28(16-12-26)32-34(40)44-36(42-32)30-18-20-46(8)48(30)38(50)24(6)22(3)4/h9-16,21-24,29-30H,17-20H2,1-8H3,(H,41,43)(H,42,44). The Balaban J connectivity index is 1.18. The molecule has 0 saturated carbocycles. The predicted molar refractivity (Wildman–Crippen MR) is 199 cm³/mol. The molecular formula is C38H48Cl2N8O2. The number of halogens is 2. The molecule has 2 aliphatic rings. The van der Waals surface area contributed by atoms with Crippen LogP contribution in [-0.2, 0) is 9.59 Å². The molecule has 6 rings (SSSR count). The van der Waals surface area contributed by atoms with Gasteiger partial charge in [0.15, 0.2) is 0 Å². The van der Waals surface area contributed by atoms with Crippen LogP contribution in [0.1, 0.15) is 78.1 Å². The third-order valence-electron chi connectivity index (χ3n) is 10.6. The van der Waals surface area contributed by atoms with Gasteiger partial charge in [0.05, 0.1) is 0 Å². The molecule has 50 heavy (non-hydrogen) atoms. The third-order valence-corrected chi connectivity index (χ3v) is 11.2. The summed E-state index contributed by atoms with van der Waals surface area (Å²) in [6, 6.07) is 15.9. The molecule has 2 fully saturated rings. The molecule has 0 aliphatic carbocycles. The molecule has 0 bridgehead atoms. The van der Waals surface area contributed by atoms with Gasteiger partial charge >= 0.3 is 0 Å². The van der Waals surface area contributed by atoms with Gasteiger partial charge < -0.3 is 9.97 Å². The summed E-state index contributed by atoms with van der Waals surface area (Å²) in [4.78, 5) is 43.0. The van der Waals surface area contributed by atoms with Gasteiger partial charge in [-0.3, -0.25) is 19.6 Å². The first-order chi connectivity index (χ1) is 23.8. The fourth-order valence-corrected chi connectivity index (χ4v) is 7.26. The Hall–Kier alpha value is -3.70. The van der Waals surface area contributed by atoms with Gasteiger partial charge in [-0.25, -0.2) is 20.0 Å². The number of nitrogens with one attached hydrogen (secondary N) is 2. The van der Waals surface area contributed by atoms with E-state index < -0.39 is 0 Å². The van der Waals surface area contributed by atoms with Gasteiger partial charge in [0.2, 0.25) is 11.8 Å². The van der Waals surface area contributed by atoms with E-state index in [0.29, 0.717) is 33.3 Å². The van der Waals surface area contributed by atoms with Crippen LogP contribution in [-0.4, -0.2) is 79.0 Å². The maximum absolute atomic E-state index is 13.4. The van der Waals surface area contributed by atoms with Crippen LogP contribution < -0.4 is 0 Å². The Labute approximate surface area is 305 Å². The number of hydrogen-bond donors (Lipinski definition) is 2. The summed E-state index contributed by atoms with van der Waals surface area (Å²) in [7, 11) is 3.90. The van der Waals surface area contributed by atoms with Crippen molar-refractivity contribution in [3.05, 3.63) is 70.5 Å². The number of hydrogen-bond acceptors (Lipinski definition) is 6. The summed E-state index contributed by atoms with van der Waals surface area (Å²) in [6.07, 6.45) is 1.56. The van der Waals surface area contributed by atoms with Crippen LogP contribution in [0.15, 0.2) is 48.5 Å². The predicted octanol–water partition coefficient (Wildman–Crippen LogP) is 8.27. The van der Waals surface area contributed by atoms with Gasteiger partial charge in [0.1, 0.15) is 45.4 Å². The summed E-state index contributed by atoms with van der Waals surface area (Å²) in [5.74, 6) is 1.88. The number of imidazole rings is 2. The summed E-state index contributed by atoms with van der Waals surface area (Å²) >= 11 is 13.4. The van der Waals surface area contributed by atoms with Crippen LogP contribution in [0, 0.1) is 23.7 Å². The number of aromatic amines is 2. The van der Waals surface area contributed by atoms with Crippen molar-refractivity contribution >= 4 is 35.0 Å². The molecule has 10 nitrogen and oxygen atoms in total. The molecule has 12 heteroatoms. The van der Waals surface area contributed by atoms with Gasteiger partial charge in [-0.05, 0) is 35.8 Å². The molecule has 2 aromatic heterocycles. The van der Waals surface area contributed by atoms with E-state index in [1.807, 2.05) is 72.2 Å². The first-order valence-corrected chi connectivity index (χ1v) is 18.3. The number of carbonyl (C=O) groups is 2. The van der Waals surface area contributed by atoms with Crippen LogP contribution >= 0.6 is 23.2 Å². The topological polar surface area (TPSA) is 104 Å². The Kier molecular flexibility index (Phi) is 10.5. The molecule has 0 spiro atoms. The van der Waals surface area contributed by atoms with Crippen molar-refractivity contribution in [3.8, 4) is 33.6 Å². The smallest absolute Gasteiger partial charge is 0.240 e. The second-order valence-corrected chi connectivity index (χ2v) is 15.3. The highest BCUT2D eigenvalue weighted by Crippen LogP contribution is 2.38. The molecule has 2 aliphatic heterocycles. The molecule has 4 atom stereocenters. The Morgan fingerprint density at radius 1 is 0.620 bits per heavy atom. The first-order valence-electron chi connectivity index (χ1n) is 17.6. The number of H-pyrrole nitrogens is 2. The average Bonchev–Trinajstić information content (AvgIpc) is 3.88. The van der Waals surface area contributed by atoms with Gasteiger partial charge in [0.25, 0.3) is 0 Å². The second-order valence-electron chi connectivity index (χ2n) is 14.5. The molecule has 2 aromatic carbocycles. The van der Waals surface area contributed by atoms with Crippen LogP contribution in [0.2, 0.25) is 10.3 Å². The van der Waals surface area contributed by atoms with Crippen molar-refractivity contribution in [1.82, 2.24) is 40.0 Å². The quantitative estimate of drug-likeness (QED) is 0.181. The summed E-state index contributed by atoms with van der Waals surface area (Å²) < 4.78 is 0. The molecule has 2 amide bonds. The molecule has 2 N–H and O–H groups in total. The monoisotopic (exact) mass is 718 g/mol. The van der Waals surface area contributed by atoms with E-state index in [2.05, 4.69) is 61.9 Å². The molecule has 2 saturated heterocycles. The minimum atomic E-state index is -0.189. The van der Waals surface area contributed by atoms with Crippen molar-refractivity contribution in [2.75, 3.05) is 27.2 Å². The van der Waals surface area contributed by atoms with Crippen LogP contribution in [0.5, 0.6) is 0 Å². The lowest BCUT2D eigenvalue weighted by atomic mass is 9.96. The van der Waals surface area contributed by atoms with Gasteiger partial charge in [-0.2, -0.15) is 0 Å². The molecule has 0 radical (unpaired) electrons. The van der Waals surface area contributed by atoms with E-state index in [0.717, 1.165) is 48.2 Å².